The van der Waals surface area contributed by atoms with E-state index in [2.05, 4.69) is 5.32 Å². The average Bonchev–Trinajstić information content (AvgIpc) is 2.26. The van der Waals surface area contributed by atoms with E-state index in [1.165, 1.54) is 19.3 Å². The molecule has 102 valence electrons. The van der Waals surface area contributed by atoms with Gasteiger partial charge in [0.2, 0.25) is 0 Å². The lowest BCUT2D eigenvalue weighted by atomic mass is 10.0. The van der Waals surface area contributed by atoms with Gasteiger partial charge in [-0.05, 0) is 52.4 Å². The van der Waals surface area contributed by atoms with Gasteiger partial charge in [-0.1, -0.05) is 6.42 Å². The fourth-order valence-electron chi connectivity index (χ4n) is 2.21. The number of halogens is 3. The molecule has 1 aliphatic heterocycles. The standard InChI is InChI=1S/C12H23F3N2/c1-17(9-4-7-12(13,14)15)10-6-11-5-2-3-8-16-11/h11,16H,2-10H2,1H3. The number of alkyl halides is 3. The Hall–Kier alpha value is -0.290. The summed E-state index contributed by atoms with van der Waals surface area (Å²) in [5.74, 6) is 0. The van der Waals surface area contributed by atoms with Gasteiger partial charge >= 0.3 is 6.18 Å². The summed E-state index contributed by atoms with van der Waals surface area (Å²) in [4.78, 5) is 2.00. The van der Waals surface area contributed by atoms with Crippen molar-refractivity contribution in [2.45, 2.75) is 50.7 Å². The third-order valence-corrected chi connectivity index (χ3v) is 3.27. The minimum Gasteiger partial charge on any atom is -0.314 e. The number of rotatable bonds is 6. The fourth-order valence-corrected chi connectivity index (χ4v) is 2.21. The van der Waals surface area contributed by atoms with E-state index in [1.807, 2.05) is 11.9 Å². The zero-order valence-electron chi connectivity index (χ0n) is 10.5. The van der Waals surface area contributed by atoms with Crippen molar-refractivity contribution in [2.75, 3.05) is 26.7 Å². The zero-order valence-corrected chi connectivity index (χ0v) is 10.5. The van der Waals surface area contributed by atoms with Gasteiger partial charge in [0.25, 0.3) is 0 Å². The van der Waals surface area contributed by atoms with E-state index in [0.29, 0.717) is 12.6 Å². The van der Waals surface area contributed by atoms with Gasteiger partial charge in [0.05, 0.1) is 0 Å². The van der Waals surface area contributed by atoms with Gasteiger partial charge in [-0.15, -0.1) is 0 Å². The maximum absolute atomic E-state index is 12.0. The summed E-state index contributed by atoms with van der Waals surface area (Å²) >= 11 is 0. The van der Waals surface area contributed by atoms with Crippen LogP contribution in [-0.2, 0) is 0 Å². The molecule has 0 spiro atoms. The molecular weight excluding hydrogens is 229 g/mol. The van der Waals surface area contributed by atoms with Crippen LogP contribution in [0.5, 0.6) is 0 Å². The van der Waals surface area contributed by atoms with Gasteiger partial charge in [-0.25, -0.2) is 0 Å². The molecule has 0 aromatic carbocycles. The van der Waals surface area contributed by atoms with Crippen LogP contribution in [-0.4, -0.2) is 43.8 Å². The molecule has 0 amide bonds. The van der Waals surface area contributed by atoms with Crippen LogP contribution in [0.15, 0.2) is 0 Å². The molecule has 17 heavy (non-hydrogen) atoms. The van der Waals surface area contributed by atoms with Crippen molar-refractivity contribution in [1.29, 1.82) is 0 Å². The number of nitrogens with zero attached hydrogens (tertiary/aromatic N) is 1. The monoisotopic (exact) mass is 252 g/mol. The highest BCUT2D eigenvalue weighted by Crippen LogP contribution is 2.21. The molecular formula is C12H23F3N2. The van der Waals surface area contributed by atoms with Gasteiger partial charge in [-0.3, -0.25) is 0 Å². The molecule has 1 N–H and O–H groups in total. The molecule has 1 heterocycles. The molecule has 0 aromatic heterocycles. The lowest BCUT2D eigenvalue weighted by Crippen LogP contribution is -2.37. The predicted octanol–water partition coefficient (Wildman–Crippen LogP) is 2.79. The van der Waals surface area contributed by atoms with Crippen molar-refractivity contribution in [3.05, 3.63) is 0 Å². The van der Waals surface area contributed by atoms with Crippen LogP contribution in [0.4, 0.5) is 13.2 Å². The lowest BCUT2D eigenvalue weighted by Gasteiger charge is -2.26. The number of hydrogen-bond donors (Lipinski definition) is 1. The van der Waals surface area contributed by atoms with Crippen LogP contribution in [0.3, 0.4) is 0 Å². The maximum Gasteiger partial charge on any atom is 0.389 e. The van der Waals surface area contributed by atoms with E-state index in [4.69, 9.17) is 0 Å². The summed E-state index contributed by atoms with van der Waals surface area (Å²) in [6.07, 6.45) is 0.301. The fraction of sp³-hybridized carbons (Fsp3) is 1.00. The van der Waals surface area contributed by atoms with Crippen molar-refractivity contribution in [1.82, 2.24) is 10.2 Å². The van der Waals surface area contributed by atoms with Crippen LogP contribution < -0.4 is 5.32 Å². The van der Waals surface area contributed by atoms with E-state index in [1.54, 1.807) is 0 Å². The molecule has 1 fully saturated rings. The molecule has 5 heteroatoms. The normalized spacial score (nSPS) is 22.1. The lowest BCUT2D eigenvalue weighted by molar-refractivity contribution is -0.136. The van der Waals surface area contributed by atoms with E-state index in [9.17, 15) is 13.2 Å². The highest BCUT2D eigenvalue weighted by molar-refractivity contribution is 4.73. The summed E-state index contributed by atoms with van der Waals surface area (Å²) in [5, 5.41) is 3.45. The number of nitrogens with one attached hydrogen (secondary N) is 1. The smallest absolute Gasteiger partial charge is 0.314 e. The molecule has 0 aromatic rings. The summed E-state index contributed by atoms with van der Waals surface area (Å²) < 4.78 is 35.9. The Balaban J connectivity index is 2.02. The van der Waals surface area contributed by atoms with Crippen molar-refractivity contribution in [3.63, 3.8) is 0 Å². The average molecular weight is 252 g/mol. The molecule has 0 bridgehead atoms. The predicted molar refractivity (Wildman–Crippen MR) is 63.0 cm³/mol. The third kappa shape index (κ3) is 7.60. The maximum atomic E-state index is 12.0. The van der Waals surface area contributed by atoms with Gasteiger partial charge in [0.1, 0.15) is 0 Å². The number of hydrogen-bond acceptors (Lipinski definition) is 2. The second kappa shape index (κ2) is 7.21. The summed E-state index contributed by atoms with van der Waals surface area (Å²) in [6, 6.07) is 0.564. The Morgan fingerprint density at radius 2 is 2.00 bits per heavy atom. The van der Waals surface area contributed by atoms with Crippen LogP contribution in [0.1, 0.15) is 38.5 Å². The van der Waals surface area contributed by atoms with Gasteiger partial charge in [0.15, 0.2) is 0 Å². The quantitative estimate of drug-likeness (QED) is 0.782. The van der Waals surface area contributed by atoms with Crippen molar-refractivity contribution >= 4 is 0 Å². The first-order valence-corrected chi connectivity index (χ1v) is 6.46. The second-order valence-electron chi connectivity index (χ2n) is 4.96. The highest BCUT2D eigenvalue weighted by atomic mass is 19.4. The number of piperidine rings is 1. The van der Waals surface area contributed by atoms with Crippen molar-refractivity contribution in [2.24, 2.45) is 0 Å². The third-order valence-electron chi connectivity index (χ3n) is 3.27. The highest BCUT2D eigenvalue weighted by Gasteiger charge is 2.26. The Morgan fingerprint density at radius 1 is 1.24 bits per heavy atom. The SMILES string of the molecule is CN(CCCC(F)(F)F)CCC1CCCCN1. The summed E-state index contributed by atoms with van der Waals surface area (Å²) in [6.45, 7) is 2.50. The Morgan fingerprint density at radius 3 is 2.59 bits per heavy atom. The van der Waals surface area contributed by atoms with E-state index in [0.717, 1.165) is 19.5 Å². The Labute approximate surface area is 102 Å². The minimum absolute atomic E-state index is 0.206. The first kappa shape index (κ1) is 14.8. The second-order valence-corrected chi connectivity index (χ2v) is 4.96. The molecule has 2 nitrogen and oxygen atoms in total. The van der Waals surface area contributed by atoms with Crippen molar-refractivity contribution in [3.8, 4) is 0 Å². The first-order chi connectivity index (χ1) is 7.97. The van der Waals surface area contributed by atoms with Gasteiger partial charge < -0.3 is 10.2 Å². The van der Waals surface area contributed by atoms with E-state index in [-0.39, 0.29) is 6.42 Å². The Kier molecular flexibility index (Phi) is 6.27. The van der Waals surface area contributed by atoms with Crippen LogP contribution in [0.2, 0.25) is 0 Å². The molecule has 1 unspecified atom stereocenters. The van der Waals surface area contributed by atoms with Gasteiger partial charge in [-0.2, -0.15) is 13.2 Å². The molecule has 1 rings (SSSR count). The van der Waals surface area contributed by atoms with Crippen LogP contribution in [0, 0.1) is 0 Å². The Bertz CT molecular complexity index is 200. The van der Waals surface area contributed by atoms with Gasteiger partial charge in [0, 0.05) is 12.5 Å². The minimum atomic E-state index is -4.01. The van der Waals surface area contributed by atoms with E-state index < -0.39 is 12.6 Å². The zero-order chi connectivity index (χ0) is 12.7. The molecule has 0 radical (unpaired) electrons. The molecule has 0 saturated carbocycles. The molecule has 1 aliphatic rings. The molecule has 0 aliphatic carbocycles. The largest absolute Gasteiger partial charge is 0.389 e. The van der Waals surface area contributed by atoms with Crippen LogP contribution in [0.25, 0.3) is 0 Å². The summed E-state index contributed by atoms with van der Waals surface area (Å²) in [5.41, 5.74) is 0. The molecule has 1 saturated heterocycles. The topological polar surface area (TPSA) is 15.3 Å². The molecule has 1 atom stereocenters. The first-order valence-electron chi connectivity index (χ1n) is 6.46. The van der Waals surface area contributed by atoms with Crippen molar-refractivity contribution < 1.29 is 13.2 Å². The van der Waals surface area contributed by atoms with E-state index >= 15 is 0 Å². The van der Waals surface area contributed by atoms with Crippen LogP contribution >= 0.6 is 0 Å². The summed E-state index contributed by atoms with van der Waals surface area (Å²) in [7, 11) is 1.90.